The van der Waals surface area contributed by atoms with Crippen LogP contribution in [0.1, 0.15) is 25.8 Å². The van der Waals surface area contributed by atoms with Gasteiger partial charge in [0, 0.05) is 23.7 Å². The molecule has 0 spiro atoms. The molecule has 2 aromatic rings. The van der Waals surface area contributed by atoms with Crippen LogP contribution in [-0.2, 0) is 0 Å². The van der Waals surface area contributed by atoms with E-state index in [0.717, 1.165) is 40.2 Å². The van der Waals surface area contributed by atoms with Crippen LogP contribution in [0.25, 0.3) is 11.0 Å². The van der Waals surface area contributed by atoms with Crippen LogP contribution in [0.4, 0.5) is 0 Å². The number of halogens is 1. The molecular weight excluding hydrogens is 278 g/mol. The lowest BCUT2D eigenvalue weighted by molar-refractivity contribution is 0.158. The van der Waals surface area contributed by atoms with E-state index in [0.29, 0.717) is 12.1 Å². The molecule has 0 saturated carbocycles. The van der Waals surface area contributed by atoms with Crippen LogP contribution in [0.15, 0.2) is 18.2 Å². The van der Waals surface area contributed by atoms with E-state index in [1.54, 1.807) is 0 Å². The highest BCUT2D eigenvalue weighted by atomic mass is 35.5. The molecule has 1 aliphatic heterocycles. The van der Waals surface area contributed by atoms with Gasteiger partial charge in [-0.2, -0.15) is 0 Å². The monoisotopic (exact) mass is 295 g/mol. The van der Waals surface area contributed by atoms with Gasteiger partial charge in [-0.3, -0.25) is 0 Å². The lowest BCUT2D eigenvalue weighted by Crippen LogP contribution is -2.38. The molecule has 3 rings (SSSR count). The Morgan fingerprint density at radius 1 is 1.42 bits per heavy atom. The molecule has 0 bridgehead atoms. The summed E-state index contributed by atoms with van der Waals surface area (Å²) in [4.78, 5) is 5.69. The minimum Gasteiger partial charge on any atom is -0.331 e. The Balaban J connectivity index is 2.07. The van der Waals surface area contributed by atoms with Crippen molar-refractivity contribution in [2.24, 2.45) is 0 Å². The zero-order chi connectivity index (χ0) is 13.6. The molecule has 102 valence electrons. The molecule has 5 heteroatoms. The third-order valence-electron chi connectivity index (χ3n) is 4.23. The Morgan fingerprint density at radius 3 is 2.95 bits per heavy atom. The summed E-state index contributed by atoms with van der Waals surface area (Å²) >= 11 is 11.6. The van der Waals surface area contributed by atoms with E-state index in [2.05, 4.69) is 28.4 Å². The Morgan fingerprint density at radius 2 is 2.21 bits per heavy atom. The number of aromatic amines is 1. The first kappa shape index (κ1) is 13.2. The molecule has 19 heavy (non-hydrogen) atoms. The molecule has 1 N–H and O–H groups in total. The van der Waals surface area contributed by atoms with Gasteiger partial charge in [-0.1, -0.05) is 11.6 Å². The van der Waals surface area contributed by atoms with Crippen LogP contribution < -0.4 is 0 Å². The zero-order valence-corrected chi connectivity index (χ0v) is 12.8. The number of nitrogens with zero attached hydrogens (tertiary/aromatic N) is 2. The molecule has 2 unspecified atom stereocenters. The summed E-state index contributed by atoms with van der Waals surface area (Å²) in [5, 5.41) is 0.760. The number of piperidine rings is 1. The lowest BCUT2D eigenvalue weighted by Gasteiger charge is -2.35. The van der Waals surface area contributed by atoms with Gasteiger partial charge < -0.3 is 14.5 Å². The number of hydrogen-bond donors (Lipinski definition) is 1. The second-order valence-electron chi connectivity index (χ2n) is 5.47. The highest BCUT2D eigenvalue weighted by molar-refractivity contribution is 7.71. The molecule has 0 aliphatic carbocycles. The number of likely N-dealkylation sites (tertiary alicyclic amines) is 1. The molecule has 1 fully saturated rings. The average molecular weight is 296 g/mol. The lowest BCUT2D eigenvalue weighted by atomic mass is 9.98. The number of fused-ring (bicyclic) bond motifs is 1. The van der Waals surface area contributed by atoms with Crippen LogP contribution in [0, 0.1) is 4.77 Å². The Bertz CT molecular complexity index is 660. The SMILES string of the molecule is CC1CC(n2c(=S)[nH]c3ccc(Cl)cc32)CCN1C. The second-order valence-corrected chi connectivity index (χ2v) is 6.29. The van der Waals surface area contributed by atoms with Crippen molar-refractivity contribution in [3.05, 3.63) is 28.0 Å². The van der Waals surface area contributed by atoms with Gasteiger partial charge in [0.05, 0.1) is 11.0 Å². The fourth-order valence-electron chi connectivity index (χ4n) is 2.96. The molecule has 1 saturated heterocycles. The fraction of sp³-hybridized carbons (Fsp3) is 0.500. The van der Waals surface area contributed by atoms with Crippen molar-refractivity contribution >= 4 is 34.9 Å². The maximum absolute atomic E-state index is 6.12. The van der Waals surface area contributed by atoms with E-state index in [-0.39, 0.29) is 0 Å². The number of benzene rings is 1. The molecular formula is C14H18ClN3S. The van der Waals surface area contributed by atoms with E-state index in [9.17, 15) is 0 Å². The van der Waals surface area contributed by atoms with Crippen molar-refractivity contribution in [3.63, 3.8) is 0 Å². The van der Waals surface area contributed by atoms with Crippen molar-refractivity contribution in [2.75, 3.05) is 13.6 Å². The summed E-state index contributed by atoms with van der Waals surface area (Å²) < 4.78 is 3.05. The maximum atomic E-state index is 6.12. The third kappa shape index (κ3) is 2.33. The number of aromatic nitrogens is 2. The normalized spacial score (nSPS) is 25.0. The van der Waals surface area contributed by atoms with Gasteiger partial charge in [0.1, 0.15) is 0 Å². The van der Waals surface area contributed by atoms with E-state index in [4.69, 9.17) is 23.8 Å². The van der Waals surface area contributed by atoms with Gasteiger partial charge in [-0.15, -0.1) is 0 Å². The minimum atomic E-state index is 0.464. The first-order valence-corrected chi connectivity index (χ1v) is 7.45. The molecule has 2 atom stereocenters. The molecule has 0 amide bonds. The summed E-state index contributed by atoms with van der Waals surface area (Å²) in [6, 6.07) is 6.96. The highest BCUT2D eigenvalue weighted by Crippen LogP contribution is 2.30. The highest BCUT2D eigenvalue weighted by Gasteiger charge is 2.25. The van der Waals surface area contributed by atoms with E-state index in [1.165, 1.54) is 0 Å². The summed E-state index contributed by atoms with van der Waals surface area (Å²) in [5.41, 5.74) is 2.19. The summed E-state index contributed by atoms with van der Waals surface area (Å²) in [5.74, 6) is 0. The van der Waals surface area contributed by atoms with Gasteiger partial charge in [-0.05, 0) is 57.2 Å². The molecule has 3 nitrogen and oxygen atoms in total. The summed E-state index contributed by atoms with van der Waals surface area (Å²) in [6.07, 6.45) is 2.26. The van der Waals surface area contributed by atoms with Crippen LogP contribution in [-0.4, -0.2) is 34.1 Å². The Hall–Kier alpha value is -0.840. The van der Waals surface area contributed by atoms with Gasteiger partial charge >= 0.3 is 0 Å². The van der Waals surface area contributed by atoms with Crippen LogP contribution in [0.5, 0.6) is 0 Å². The summed E-state index contributed by atoms with van der Waals surface area (Å²) in [6.45, 7) is 3.39. The van der Waals surface area contributed by atoms with E-state index >= 15 is 0 Å². The molecule has 2 heterocycles. The first-order chi connectivity index (χ1) is 9.06. The van der Waals surface area contributed by atoms with Crippen LogP contribution in [0.3, 0.4) is 0 Å². The first-order valence-electron chi connectivity index (χ1n) is 6.66. The minimum absolute atomic E-state index is 0.464. The predicted octanol–water partition coefficient (Wildman–Crippen LogP) is 4.01. The van der Waals surface area contributed by atoms with Crippen molar-refractivity contribution in [1.29, 1.82) is 0 Å². The van der Waals surface area contributed by atoms with Crippen LogP contribution >= 0.6 is 23.8 Å². The molecule has 1 aromatic heterocycles. The van der Waals surface area contributed by atoms with Gasteiger partial charge in [0.2, 0.25) is 0 Å². The van der Waals surface area contributed by atoms with Gasteiger partial charge in [-0.25, -0.2) is 0 Å². The van der Waals surface area contributed by atoms with E-state index in [1.807, 2.05) is 18.2 Å². The third-order valence-corrected chi connectivity index (χ3v) is 4.76. The number of hydrogen-bond acceptors (Lipinski definition) is 2. The molecule has 0 radical (unpaired) electrons. The predicted molar refractivity (Wildman–Crippen MR) is 82.5 cm³/mol. The largest absolute Gasteiger partial charge is 0.331 e. The summed E-state index contributed by atoms with van der Waals surface area (Å²) in [7, 11) is 2.19. The van der Waals surface area contributed by atoms with Crippen molar-refractivity contribution in [2.45, 2.75) is 31.8 Å². The number of H-pyrrole nitrogens is 1. The quantitative estimate of drug-likeness (QED) is 0.804. The smallest absolute Gasteiger partial charge is 0.178 e. The second kappa shape index (κ2) is 4.93. The topological polar surface area (TPSA) is 24.0 Å². The van der Waals surface area contributed by atoms with Crippen molar-refractivity contribution in [1.82, 2.24) is 14.5 Å². The Labute approximate surface area is 123 Å². The van der Waals surface area contributed by atoms with E-state index < -0.39 is 0 Å². The Kier molecular flexibility index (Phi) is 3.41. The zero-order valence-electron chi connectivity index (χ0n) is 11.2. The molecule has 1 aromatic carbocycles. The standard InChI is InChI=1S/C14H18ClN3S/c1-9-7-11(5-6-17(9)2)18-13-8-10(15)3-4-12(13)16-14(18)19/h3-4,8-9,11H,5-7H2,1-2H3,(H,16,19). The number of rotatable bonds is 1. The fourth-order valence-corrected chi connectivity index (χ4v) is 3.48. The number of nitrogens with one attached hydrogen (secondary N) is 1. The van der Waals surface area contributed by atoms with Gasteiger partial charge in [0.25, 0.3) is 0 Å². The average Bonchev–Trinajstić information content (AvgIpc) is 2.68. The molecule has 1 aliphatic rings. The van der Waals surface area contributed by atoms with Gasteiger partial charge in [0.15, 0.2) is 4.77 Å². The van der Waals surface area contributed by atoms with Crippen molar-refractivity contribution < 1.29 is 0 Å². The maximum Gasteiger partial charge on any atom is 0.178 e. The van der Waals surface area contributed by atoms with Crippen molar-refractivity contribution in [3.8, 4) is 0 Å². The van der Waals surface area contributed by atoms with Crippen LogP contribution in [0.2, 0.25) is 5.02 Å². The number of imidazole rings is 1.